The third kappa shape index (κ3) is 4.76. The summed E-state index contributed by atoms with van der Waals surface area (Å²) in [6, 6.07) is 0. The molecule has 0 N–H and O–H groups in total. The second kappa shape index (κ2) is 5.57. The van der Waals surface area contributed by atoms with Gasteiger partial charge in [0.2, 0.25) is 0 Å². The van der Waals surface area contributed by atoms with Gasteiger partial charge in [-0.2, -0.15) is 13.2 Å². The molecule has 1 amide bonds. The van der Waals surface area contributed by atoms with Gasteiger partial charge in [0.25, 0.3) is 0 Å². The minimum absolute atomic E-state index is 0.474. The van der Waals surface area contributed by atoms with Gasteiger partial charge in [-0.1, -0.05) is 5.92 Å². The Morgan fingerprint density at radius 2 is 1.82 bits per heavy atom. The zero-order valence-electron chi connectivity index (χ0n) is 8.84. The normalized spacial score (nSPS) is 15.1. The Kier molecular flexibility index (Phi) is 4.37. The number of halogens is 3. The number of hydrogen-bond donors (Lipinski definition) is 0. The van der Waals surface area contributed by atoms with Crippen LogP contribution in [-0.2, 0) is 14.3 Å². The maximum Gasteiger partial charge on any atom is 0.457 e. The number of carbonyl (C=O) groups excluding carboxylic acids is 2. The van der Waals surface area contributed by atoms with Crippen LogP contribution in [0.1, 0.15) is 12.8 Å². The molecule has 0 spiro atoms. The molecule has 0 aromatic carbocycles. The Labute approximate surface area is 95.7 Å². The number of alkyl halides is 3. The monoisotopic (exact) mass is 249 g/mol. The van der Waals surface area contributed by atoms with Crippen LogP contribution in [0.3, 0.4) is 0 Å². The largest absolute Gasteiger partial charge is 0.457 e. The molecule has 1 aliphatic rings. The van der Waals surface area contributed by atoms with Gasteiger partial charge < -0.3 is 9.64 Å². The highest BCUT2D eigenvalue weighted by atomic mass is 19.4. The number of rotatable bonds is 1. The summed E-state index contributed by atoms with van der Waals surface area (Å²) in [6.45, 7) is 0.211. The first-order chi connectivity index (χ1) is 7.90. The van der Waals surface area contributed by atoms with Crippen molar-refractivity contribution in [2.45, 2.75) is 19.0 Å². The predicted molar refractivity (Wildman–Crippen MR) is 50.6 cm³/mol. The molecule has 0 bridgehead atoms. The Hall–Kier alpha value is -1.71. The van der Waals surface area contributed by atoms with Crippen LogP contribution in [0.15, 0.2) is 0 Å². The van der Waals surface area contributed by atoms with Gasteiger partial charge in [0.15, 0.2) is 6.61 Å². The summed E-state index contributed by atoms with van der Waals surface area (Å²) in [4.78, 5) is 23.7. The molecular weight excluding hydrogens is 239 g/mol. The molecule has 1 saturated heterocycles. The van der Waals surface area contributed by atoms with E-state index in [4.69, 9.17) is 0 Å². The second-order valence-electron chi connectivity index (χ2n) is 3.37. The highest BCUT2D eigenvalue weighted by Crippen LogP contribution is 2.11. The van der Waals surface area contributed by atoms with Crippen molar-refractivity contribution in [1.82, 2.24) is 4.90 Å². The van der Waals surface area contributed by atoms with Crippen molar-refractivity contribution >= 4 is 11.9 Å². The molecule has 0 aromatic rings. The Morgan fingerprint density at radius 3 is 2.35 bits per heavy atom. The summed E-state index contributed by atoms with van der Waals surface area (Å²) in [5.74, 6) is 0.560. The van der Waals surface area contributed by atoms with Gasteiger partial charge in [0.05, 0.1) is 0 Å². The number of ether oxygens (including phenoxy) is 1. The van der Waals surface area contributed by atoms with Crippen LogP contribution in [-0.4, -0.2) is 42.6 Å². The topological polar surface area (TPSA) is 46.6 Å². The lowest BCUT2D eigenvalue weighted by Gasteiger charge is -2.12. The lowest BCUT2D eigenvalue weighted by atomic mass is 10.4. The zero-order valence-corrected chi connectivity index (χ0v) is 8.84. The number of likely N-dealkylation sites (tertiary alicyclic amines) is 1. The Morgan fingerprint density at radius 1 is 1.24 bits per heavy atom. The smallest absolute Gasteiger partial charge is 0.445 e. The van der Waals surface area contributed by atoms with E-state index < -0.39 is 24.7 Å². The molecule has 4 nitrogen and oxygen atoms in total. The molecule has 7 heteroatoms. The molecule has 0 unspecified atom stereocenters. The minimum Gasteiger partial charge on any atom is -0.445 e. The predicted octanol–water partition coefficient (Wildman–Crippen LogP) is 0.718. The summed E-state index contributed by atoms with van der Waals surface area (Å²) in [6.07, 6.45) is -2.99. The molecule has 0 saturated carbocycles. The molecule has 0 atom stereocenters. The fraction of sp³-hybridized carbons (Fsp3) is 0.600. The third-order valence-electron chi connectivity index (χ3n) is 2.07. The van der Waals surface area contributed by atoms with E-state index in [0.717, 1.165) is 18.8 Å². The van der Waals surface area contributed by atoms with Gasteiger partial charge in [-0.25, -0.2) is 4.79 Å². The fourth-order valence-electron chi connectivity index (χ4n) is 1.35. The van der Waals surface area contributed by atoms with Crippen molar-refractivity contribution in [3.63, 3.8) is 0 Å². The van der Waals surface area contributed by atoms with Gasteiger partial charge in [0.1, 0.15) is 0 Å². The third-order valence-corrected chi connectivity index (χ3v) is 2.07. The minimum atomic E-state index is -4.62. The number of carbonyl (C=O) groups is 2. The standard InChI is InChI=1S/C10H10F3NO3/c11-10(12,13)4-3-7-17-9(16)8(15)14-5-1-2-6-14/h1-2,5-7H2. The van der Waals surface area contributed by atoms with Crippen molar-refractivity contribution in [2.24, 2.45) is 0 Å². The summed E-state index contributed by atoms with van der Waals surface area (Å²) in [7, 11) is 0. The van der Waals surface area contributed by atoms with Gasteiger partial charge in [-0.3, -0.25) is 4.79 Å². The van der Waals surface area contributed by atoms with E-state index in [9.17, 15) is 22.8 Å². The average Bonchev–Trinajstić information content (AvgIpc) is 2.74. The summed E-state index contributed by atoms with van der Waals surface area (Å²) in [5, 5.41) is 0. The number of nitrogens with zero attached hydrogens (tertiary/aromatic N) is 1. The van der Waals surface area contributed by atoms with Crippen molar-refractivity contribution in [2.75, 3.05) is 19.7 Å². The van der Waals surface area contributed by atoms with Crippen LogP contribution >= 0.6 is 0 Å². The number of hydrogen-bond acceptors (Lipinski definition) is 3. The second-order valence-corrected chi connectivity index (χ2v) is 3.37. The summed E-state index contributed by atoms with van der Waals surface area (Å²) < 4.78 is 39.1. The lowest BCUT2D eigenvalue weighted by molar-refractivity contribution is -0.158. The van der Waals surface area contributed by atoms with Gasteiger partial charge >= 0.3 is 18.1 Å². The molecule has 1 aliphatic heterocycles. The van der Waals surface area contributed by atoms with E-state index in [0.29, 0.717) is 13.1 Å². The van der Waals surface area contributed by atoms with Crippen LogP contribution in [0.5, 0.6) is 0 Å². The molecule has 17 heavy (non-hydrogen) atoms. The molecule has 0 aromatic heterocycles. The van der Waals surface area contributed by atoms with Crippen LogP contribution in [0.2, 0.25) is 0 Å². The molecule has 0 aliphatic carbocycles. The maximum absolute atomic E-state index is 11.6. The van der Waals surface area contributed by atoms with Crippen LogP contribution in [0.25, 0.3) is 0 Å². The molecular formula is C10H10F3NO3. The molecule has 1 heterocycles. The van der Waals surface area contributed by atoms with E-state index >= 15 is 0 Å². The van der Waals surface area contributed by atoms with Crippen LogP contribution in [0.4, 0.5) is 13.2 Å². The summed E-state index contributed by atoms with van der Waals surface area (Å²) >= 11 is 0. The number of esters is 1. The zero-order chi connectivity index (χ0) is 12.9. The highest BCUT2D eigenvalue weighted by molar-refractivity contribution is 6.32. The van der Waals surface area contributed by atoms with E-state index in [1.807, 2.05) is 0 Å². The van der Waals surface area contributed by atoms with Crippen LogP contribution < -0.4 is 0 Å². The quantitative estimate of drug-likeness (QED) is 0.391. The van der Waals surface area contributed by atoms with Crippen LogP contribution in [0, 0.1) is 11.8 Å². The first kappa shape index (κ1) is 13.4. The molecule has 0 radical (unpaired) electrons. The highest BCUT2D eigenvalue weighted by Gasteiger charge is 2.26. The lowest BCUT2D eigenvalue weighted by Crippen LogP contribution is -2.35. The Bertz CT molecular complexity index is 361. The maximum atomic E-state index is 11.6. The molecule has 94 valence electrons. The van der Waals surface area contributed by atoms with Crippen molar-refractivity contribution in [3.8, 4) is 11.8 Å². The molecule has 1 rings (SSSR count). The summed E-state index contributed by atoms with van der Waals surface area (Å²) in [5.41, 5.74) is 0. The van der Waals surface area contributed by atoms with Crippen molar-refractivity contribution < 1.29 is 27.5 Å². The van der Waals surface area contributed by atoms with Gasteiger partial charge in [-0.15, -0.1) is 0 Å². The van der Waals surface area contributed by atoms with E-state index in [2.05, 4.69) is 4.74 Å². The van der Waals surface area contributed by atoms with Crippen molar-refractivity contribution in [1.29, 1.82) is 0 Å². The van der Waals surface area contributed by atoms with E-state index in [1.54, 1.807) is 5.92 Å². The van der Waals surface area contributed by atoms with Gasteiger partial charge in [-0.05, 0) is 12.8 Å². The fourth-order valence-corrected chi connectivity index (χ4v) is 1.35. The SMILES string of the molecule is O=C(OCC#CC(F)(F)F)C(=O)N1CCCC1. The average molecular weight is 249 g/mol. The van der Waals surface area contributed by atoms with Gasteiger partial charge in [0, 0.05) is 19.0 Å². The first-order valence-corrected chi connectivity index (χ1v) is 4.93. The van der Waals surface area contributed by atoms with E-state index in [1.165, 1.54) is 4.90 Å². The number of amides is 1. The van der Waals surface area contributed by atoms with Crippen molar-refractivity contribution in [3.05, 3.63) is 0 Å². The Balaban J connectivity index is 2.33. The first-order valence-electron chi connectivity index (χ1n) is 4.93. The van der Waals surface area contributed by atoms with E-state index in [-0.39, 0.29) is 0 Å². The molecule has 1 fully saturated rings.